The zero-order valence-electron chi connectivity index (χ0n) is 13.8. The van der Waals surface area contributed by atoms with Gasteiger partial charge in [-0.25, -0.2) is 9.36 Å². The van der Waals surface area contributed by atoms with Crippen LogP contribution in [0.4, 0.5) is 0 Å². The van der Waals surface area contributed by atoms with Crippen LogP contribution in [0.15, 0.2) is 15.8 Å². The molecule has 0 saturated carbocycles. The number of piperidine rings is 1. The van der Waals surface area contributed by atoms with Crippen LogP contribution in [0.3, 0.4) is 0 Å². The van der Waals surface area contributed by atoms with Crippen molar-refractivity contribution in [1.82, 2.24) is 14.0 Å². The van der Waals surface area contributed by atoms with E-state index in [1.165, 1.54) is 10.8 Å². The highest BCUT2D eigenvalue weighted by molar-refractivity contribution is 5.76. The zero-order valence-corrected chi connectivity index (χ0v) is 13.8. The fraction of sp³-hybridized carbons (Fsp3) is 0.625. The van der Waals surface area contributed by atoms with Gasteiger partial charge in [0.25, 0.3) is 5.56 Å². The first-order valence-electron chi connectivity index (χ1n) is 7.89. The van der Waals surface area contributed by atoms with Crippen LogP contribution >= 0.6 is 0 Å². The number of carbonyl (C=O) groups is 1. The molecule has 23 heavy (non-hydrogen) atoms. The van der Waals surface area contributed by atoms with Gasteiger partial charge in [-0.1, -0.05) is 13.8 Å². The van der Waals surface area contributed by atoms with E-state index >= 15 is 0 Å². The van der Waals surface area contributed by atoms with Gasteiger partial charge in [0, 0.05) is 25.8 Å². The predicted octanol–water partition coefficient (Wildman–Crippen LogP) is 0.406. The van der Waals surface area contributed by atoms with E-state index in [-0.39, 0.29) is 18.0 Å². The van der Waals surface area contributed by atoms with Crippen LogP contribution in [0.2, 0.25) is 0 Å². The molecule has 1 aromatic rings. The number of amides is 1. The molecule has 0 aromatic carbocycles. The van der Waals surface area contributed by atoms with Crippen molar-refractivity contribution in [3.8, 4) is 6.07 Å². The molecule has 1 amide bonds. The molecule has 1 fully saturated rings. The van der Waals surface area contributed by atoms with Crippen molar-refractivity contribution in [2.24, 2.45) is 11.8 Å². The Bertz CT molecular complexity index is 746. The molecule has 0 N–H and O–H groups in total. The van der Waals surface area contributed by atoms with Gasteiger partial charge in [0.1, 0.15) is 18.2 Å². The van der Waals surface area contributed by atoms with Crippen LogP contribution < -0.4 is 11.2 Å². The van der Waals surface area contributed by atoms with Crippen LogP contribution in [-0.4, -0.2) is 33.0 Å². The average molecular weight is 318 g/mol. The Kier molecular flexibility index (Phi) is 5.04. The molecular formula is C16H22N4O3. The van der Waals surface area contributed by atoms with Crippen molar-refractivity contribution in [3.05, 3.63) is 32.6 Å². The van der Waals surface area contributed by atoms with E-state index < -0.39 is 11.2 Å². The van der Waals surface area contributed by atoms with Gasteiger partial charge in [0.2, 0.25) is 5.91 Å². The molecule has 2 atom stereocenters. The summed E-state index contributed by atoms with van der Waals surface area (Å²) in [6, 6.07) is 1.79. The van der Waals surface area contributed by atoms with E-state index in [2.05, 4.69) is 13.8 Å². The van der Waals surface area contributed by atoms with Gasteiger partial charge in [-0.3, -0.25) is 14.2 Å². The summed E-state index contributed by atoms with van der Waals surface area (Å²) < 4.78 is 2.14. The van der Waals surface area contributed by atoms with E-state index in [0.717, 1.165) is 11.0 Å². The Morgan fingerprint density at radius 2 is 1.91 bits per heavy atom. The summed E-state index contributed by atoms with van der Waals surface area (Å²) in [6.45, 7) is 7.21. The maximum Gasteiger partial charge on any atom is 0.331 e. The van der Waals surface area contributed by atoms with E-state index in [1.807, 2.05) is 0 Å². The van der Waals surface area contributed by atoms with Crippen molar-refractivity contribution < 1.29 is 4.79 Å². The van der Waals surface area contributed by atoms with Gasteiger partial charge in [0.05, 0.1) is 0 Å². The molecule has 124 valence electrons. The predicted molar refractivity (Wildman–Crippen MR) is 84.9 cm³/mol. The third-order valence-corrected chi connectivity index (χ3v) is 4.21. The fourth-order valence-corrected chi connectivity index (χ4v) is 3.20. The summed E-state index contributed by atoms with van der Waals surface area (Å²) in [5, 5.41) is 9.03. The molecule has 0 aliphatic carbocycles. The number of nitriles is 1. The second-order valence-electron chi connectivity index (χ2n) is 6.36. The Labute approximate surface area is 134 Å². The first-order valence-corrected chi connectivity index (χ1v) is 7.89. The van der Waals surface area contributed by atoms with Crippen molar-refractivity contribution >= 4 is 5.91 Å². The molecule has 1 aliphatic heterocycles. The van der Waals surface area contributed by atoms with Crippen LogP contribution in [0.1, 0.15) is 32.8 Å². The van der Waals surface area contributed by atoms with E-state index in [1.54, 1.807) is 17.9 Å². The molecule has 1 aromatic heterocycles. The molecule has 7 heteroatoms. The van der Waals surface area contributed by atoms with Gasteiger partial charge in [-0.05, 0) is 25.2 Å². The lowest BCUT2D eigenvalue weighted by Gasteiger charge is -2.35. The molecule has 2 heterocycles. The highest BCUT2D eigenvalue weighted by Crippen LogP contribution is 2.20. The minimum absolute atomic E-state index is 0.125. The summed E-state index contributed by atoms with van der Waals surface area (Å²) in [5.41, 5.74) is -1.38. The lowest BCUT2D eigenvalue weighted by atomic mass is 9.92. The maximum absolute atomic E-state index is 12.5. The minimum Gasteiger partial charge on any atom is -0.341 e. The molecular weight excluding hydrogens is 296 g/mol. The highest BCUT2D eigenvalue weighted by atomic mass is 16.2. The number of aromatic nitrogens is 2. The number of hydrogen-bond donors (Lipinski definition) is 0. The lowest BCUT2D eigenvalue weighted by molar-refractivity contribution is -0.134. The molecule has 0 radical (unpaired) electrons. The Morgan fingerprint density at radius 3 is 2.43 bits per heavy atom. The largest absolute Gasteiger partial charge is 0.341 e. The van der Waals surface area contributed by atoms with E-state index in [4.69, 9.17) is 5.26 Å². The van der Waals surface area contributed by atoms with Crippen LogP contribution in [0.25, 0.3) is 0 Å². The van der Waals surface area contributed by atoms with Gasteiger partial charge in [0.15, 0.2) is 0 Å². The number of hydrogen-bond acceptors (Lipinski definition) is 4. The van der Waals surface area contributed by atoms with Gasteiger partial charge >= 0.3 is 5.69 Å². The maximum atomic E-state index is 12.5. The molecule has 1 aliphatic rings. The fourth-order valence-electron chi connectivity index (χ4n) is 3.20. The number of carbonyl (C=O) groups excluding carboxylic acids is 1. The summed E-state index contributed by atoms with van der Waals surface area (Å²) in [5.74, 6) is 0.551. The topological polar surface area (TPSA) is 88.1 Å². The summed E-state index contributed by atoms with van der Waals surface area (Å²) >= 11 is 0. The van der Waals surface area contributed by atoms with Crippen LogP contribution in [0.5, 0.6) is 0 Å². The first kappa shape index (κ1) is 17.0. The Balaban J connectivity index is 2.33. The molecule has 2 unspecified atom stereocenters. The molecule has 7 nitrogen and oxygen atoms in total. The van der Waals surface area contributed by atoms with E-state index in [9.17, 15) is 14.4 Å². The quantitative estimate of drug-likeness (QED) is 0.807. The van der Waals surface area contributed by atoms with Gasteiger partial charge in [-0.2, -0.15) is 5.26 Å². The smallest absolute Gasteiger partial charge is 0.331 e. The number of aryl methyl sites for hydroxylation is 1. The monoisotopic (exact) mass is 318 g/mol. The number of rotatable bonds is 3. The molecule has 0 spiro atoms. The number of likely N-dealkylation sites (tertiary alicyclic amines) is 1. The standard InChI is InChI=1S/C16H22N4O3/c1-4-18-9-13(6-17)15(22)20(16(18)23)10-14(21)19-7-11(2)5-12(3)8-19/h9,11-12H,4-5,7-8,10H2,1-3H3. The van der Waals surface area contributed by atoms with Gasteiger partial charge < -0.3 is 4.90 Å². The van der Waals surface area contributed by atoms with Gasteiger partial charge in [-0.15, -0.1) is 0 Å². The third kappa shape index (κ3) is 3.52. The van der Waals surface area contributed by atoms with Crippen molar-refractivity contribution in [2.75, 3.05) is 13.1 Å². The molecule has 2 rings (SSSR count). The molecule has 0 bridgehead atoms. The van der Waals surface area contributed by atoms with E-state index in [0.29, 0.717) is 31.5 Å². The van der Waals surface area contributed by atoms with Crippen LogP contribution in [-0.2, 0) is 17.9 Å². The number of nitrogens with zero attached hydrogens (tertiary/aromatic N) is 4. The first-order chi connectivity index (χ1) is 10.9. The SMILES string of the molecule is CCn1cc(C#N)c(=O)n(CC(=O)N2CC(C)CC(C)C2)c1=O. The highest BCUT2D eigenvalue weighted by Gasteiger charge is 2.26. The van der Waals surface area contributed by atoms with Crippen molar-refractivity contribution in [3.63, 3.8) is 0 Å². The Morgan fingerprint density at radius 1 is 1.30 bits per heavy atom. The molecule has 1 saturated heterocycles. The second-order valence-corrected chi connectivity index (χ2v) is 6.36. The normalized spacial score (nSPS) is 21.0. The minimum atomic E-state index is -0.700. The third-order valence-electron chi connectivity index (χ3n) is 4.21. The zero-order chi connectivity index (χ0) is 17.1. The second kappa shape index (κ2) is 6.82. The lowest BCUT2D eigenvalue weighted by Crippen LogP contribution is -2.48. The average Bonchev–Trinajstić information content (AvgIpc) is 2.50. The van der Waals surface area contributed by atoms with Crippen molar-refractivity contribution in [1.29, 1.82) is 5.26 Å². The summed E-state index contributed by atoms with van der Waals surface area (Å²) in [4.78, 5) is 38.7. The summed E-state index contributed by atoms with van der Waals surface area (Å²) in [7, 11) is 0. The van der Waals surface area contributed by atoms with Crippen molar-refractivity contribution in [2.45, 2.75) is 40.3 Å². The Hall–Kier alpha value is -2.36. The van der Waals surface area contributed by atoms with Crippen LogP contribution in [0, 0.1) is 23.2 Å². The summed E-state index contributed by atoms with van der Waals surface area (Å²) in [6.07, 6.45) is 2.31.